The molecule has 0 spiro atoms. The van der Waals surface area contributed by atoms with Crippen LogP contribution in [0.4, 0.5) is 5.69 Å². The van der Waals surface area contributed by atoms with E-state index in [2.05, 4.69) is 40.5 Å². The molecule has 1 fully saturated rings. The van der Waals surface area contributed by atoms with Crippen molar-refractivity contribution in [2.45, 2.75) is 32.7 Å². The van der Waals surface area contributed by atoms with E-state index in [4.69, 9.17) is 0 Å². The molecule has 160 valence electrons. The molecule has 1 atom stereocenters. The average molecular weight is 418 g/mol. The van der Waals surface area contributed by atoms with Gasteiger partial charge in [-0.1, -0.05) is 42.0 Å². The number of hydrogen-bond acceptors (Lipinski definition) is 4. The van der Waals surface area contributed by atoms with Crippen molar-refractivity contribution in [1.29, 1.82) is 0 Å². The van der Waals surface area contributed by atoms with Crippen LogP contribution >= 0.6 is 0 Å². The number of hydrogen-bond donors (Lipinski definition) is 1. The number of likely N-dealkylation sites (tertiary alicyclic amines) is 1. The van der Waals surface area contributed by atoms with Gasteiger partial charge in [-0.05, 0) is 43.0 Å². The van der Waals surface area contributed by atoms with Gasteiger partial charge in [-0.2, -0.15) is 5.10 Å². The third kappa shape index (κ3) is 5.36. The van der Waals surface area contributed by atoms with Crippen molar-refractivity contribution in [3.63, 3.8) is 0 Å². The van der Waals surface area contributed by atoms with E-state index in [1.165, 1.54) is 11.9 Å². The van der Waals surface area contributed by atoms with Crippen molar-refractivity contribution in [3.05, 3.63) is 66.7 Å². The van der Waals surface area contributed by atoms with Crippen molar-refractivity contribution in [3.8, 4) is 11.1 Å². The second-order valence-electron chi connectivity index (χ2n) is 8.03. The first kappa shape index (κ1) is 20.8. The second kappa shape index (κ2) is 9.55. The van der Waals surface area contributed by atoms with Crippen LogP contribution in [0, 0.1) is 12.8 Å². The number of anilines is 1. The molecule has 0 aliphatic carbocycles. The Morgan fingerprint density at radius 3 is 2.71 bits per heavy atom. The van der Waals surface area contributed by atoms with Gasteiger partial charge in [-0.3, -0.25) is 14.3 Å². The fourth-order valence-electron chi connectivity index (χ4n) is 3.98. The van der Waals surface area contributed by atoms with Gasteiger partial charge in [-0.15, -0.1) is 0 Å². The van der Waals surface area contributed by atoms with Gasteiger partial charge in [0.1, 0.15) is 12.7 Å². The molecule has 1 aliphatic heterocycles. The minimum atomic E-state index is -0.202. The molecule has 31 heavy (non-hydrogen) atoms. The maximum Gasteiger partial charge on any atom is 0.229 e. The molecular weight excluding hydrogens is 390 g/mol. The first-order chi connectivity index (χ1) is 15.1. The van der Waals surface area contributed by atoms with Crippen LogP contribution in [0.2, 0.25) is 0 Å². The Bertz CT molecular complexity index is 1050. The molecule has 0 unspecified atom stereocenters. The summed E-state index contributed by atoms with van der Waals surface area (Å²) in [6.45, 7) is 3.72. The lowest BCUT2D eigenvalue weighted by atomic mass is 9.96. The number of carbonyl (C=O) groups excluding carboxylic acids is 2. The summed E-state index contributed by atoms with van der Waals surface area (Å²) in [4.78, 5) is 31.2. The van der Waals surface area contributed by atoms with Crippen LogP contribution in [0.25, 0.3) is 11.1 Å². The highest BCUT2D eigenvalue weighted by atomic mass is 16.2. The van der Waals surface area contributed by atoms with E-state index in [9.17, 15) is 9.59 Å². The van der Waals surface area contributed by atoms with Gasteiger partial charge in [0.2, 0.25) is 11.8 Å². The Morgan fingerprint density at radius 1 is 1.13 bits per heavy atom. The highest BCUT2D eigenvalue weighted by molar-refractivity contribution is 5.93. The Balaban J connectivity index is 1.36. The normalized spacial score (nSPS) is 16.2. The SMILES string of the molecule is Cc1cccc(-c2cccc(NC(=O)[C@@H]3CCCN(C(=O)CCn4cncn4)C3)c2)c1. The zero-order valence-corrected chi connectivity index (χ0v) is 17.7. The predicted molar refractivity (Wildman–Crippen MR) is 119 cm³/mol. The summed E-state index contributed by atoms with van der Waals surface area (Å²) in [5.41, 5.74) is 4.16. The van der Waals surface area contributed by atoms with E-state index < -0.39 is 0 Å². The first-order valence-electron chi connectivity index (χ1n) is 10.7. The molecule has 3 aromatic rings. The fourth-order valence-corrected chi connectivity index (χ4v) is 3.98. The van der Waals surface area contributed by atoms with E-state index in [0.29, 0.717) is 26.1 Å². The summed E-state index contributed by atoms with van der Waals surface area (Å²) in [5, 5.41) is 7.08. The number of piperidine rings is 1. The zero-order valence-electron chi connectivity index (χ0n) is 17.7. The molecule has 2 amide bonds. The zero-order chi connectivity index (χ0) is 21.6. The van der Waals surface area contributed by atoms with E-state index in [0.717, 1.165) is 29.7 Å². The summed E-state index contributed by atoms with van der Waals surface area (Å²) in [7, 11) is 0. The van der Waals surface area contributed by atoms with Crippen LogP contribution in [0.1, 0.15) is 24.8 Å². The quantitative estimate of drug-likeness (QED) is 0.665. The van der Waals surface area contributed by atoms with Crippen LogP contribution in [0.3, 0.4) is 0 Å². The molecule has 1 saturated heterocycles. The van der Waals surface area contributed by atoms with Crippen molar-refractivity contribution >= 4 is 17.5 Å². The summed E-state index contributed by atoms with van der Waals surface area (Å²) >= 11 is 0. The smallest absolute Gasteiger partial charge is 0.229 e. The topological polar surface area (TPSA) is 80.1 Å². The predicted octanol–water partition coefficient (Wildman–Crippen LogP) is 3.52. The van der Waals surface area contributed by atoms with Crippen molar-refractivity contribution in [1.82, 2.24) is 19.7 Å². The second-order valence-corrected chi connectivity index (χ2v) is 8.03. The van der Waals surface area contributed by atoms with Gasteiger partial charge >= 0.3 is 0 Å². The molecule has 1 aliphatic rings. The highest BCUT2D eigenvalue weighted by Gasteiger charge is 2.28. The van der Waals surface area contributed by atoms with Crippen molar-refractivity contribution < 1.29 is 9.59 Å². The molecule has 4 rings (SSSR count). The average Bonchev–Trinajstić information content (AvgIpc) is 3.31. The maximum absolute atomic E-state index is 12.9. The maximum atomic E-state index is 12.9. The van der Waals surface area contributed by atoms with Gasteiger partial charge in [0.15, 0.2) is 0 Å². The molecule has 2 aromatic carbocycles. The molecule has 1 aromatic heterocycles. The first-order valence-corrected chi connectivity index (χ1v) is 10.7. The van der Waals surface area contributed by atoms with Crippen LogP contribution in [0.5, 0.6) is 0 Å². The minimum Gasteiger partial charge on any atom is -0.342 e. The number of benzene rings is 2. The molecule has 0 saturated carbocycles. The molecule has 1 N–H and O–H groups in total. The lowest BCUT2D eigenvalue weighted by Gasteiger charge is -2.32. The van der Waals surface area contributed by atoms with Gasteiger partial charge in [0.05, 0.1) is 12.5 Å². The summed E-state index contributed by atoms with van der Waals surface area (Å²) in [5.74, 6) is -0.184. The monoisotopic (exact) mass is 417 g/mol. The van der Waals surface area contributed by atoms with E-state index >= 15 is 0 Å². The van der Waals surface area contributed by atoms with E-state index in [1.54, 1.807) is 15.9 Å². The van der Waals surface area contributed by atoms with Crippen molar-refractivity contribution in [2.75, 3.05) is 18.4 Å². The third-order valence-electron chi connectivity index (χ3n) is 5.65. The van der Waals surface area contributed by atoms with E-state index in [1.807, 2.05) is 30.3 Å². The number of rotatable bonds is 6. The van der Waals surface area contributed by atoms with Gasteiger partial charge in [-0.25, -0.2) is 4.98 Å². The number of nitrogens with zero attached hydrogens (tertiary/aromatic N) is 4. The molecule has 2 heterocycles. The number of nitrogens with one attached hydrogen (secondary N) is 1. The van der Waals surface area contributed by atoms with Gasteiger partial charge in [0, 0.05) is 25.2 Å². The lowest BCUT2D eigenvalue weighted by molar-refractivity contribution is -0.134. The summed E-state index contributed by atoms with van der Waals surface area (Å²) in [6, 6.07) is 16.2. The molecular formula is C24H27N5O2. The van der Waals surface area contributed by atoms with E-state index in [-0.39, 0.29) is 17.7 Å². The lowest BCUT2D eigenvalue weighted by Crippen LogP contribution is -2.44. The van der Waals surface area contributed by atoms with Crippen LogP contribution in [-0.2, 0) is 16.1 Å². The summed E-state index contributed by atoms with van der Waals surface area (Å²) in [6.07, 6.45) is 5.03. The highest BCUT2D eigenvalue weighted by Crippen LogP contribution is 2.25. The number of amides is 2. The fraction of sp³-hybridized carbons (Fsp3) is 0.333. The van der Waals surface area contributed by atoms with Crippen LogP contribution in [0.15, 0.2) is 61.2 Å². The summed E-state index contributed by atoms with van der Waals surface area (Å²) < 4.78 is 1.65. The minimum absolute atomic E-state index is 0.0323. The Hall–Kier alpha value is -3.48. The van der Waals surface area contributed by atoms with Gasteiger partial charge in [0.25, 0.3) is 0 Å². The standard InChI is InChI=1S/C24H27N5O2/c1-18-5-2-6-19(13-18)20-7-3-9-22(14-20)27-24(31)21-8-4-11-28(15-21)23(30)10-12-29-17-25-16-26-29/h2-3,5-7,9,13-14,16-17,21H,4,8,10-12,15H2,1H3,(H,27,31)/t21-/m1/s1. The van der Waals surface area contributed by atoms with Crippen LogP contribution in [-0.4, -0.2) is 44.6 Å². The third-order valence-corrected chi connectivity index (χ3v) is 5.65. The number of carbonyl (C=O) groups is 2. The molecule has 7 nitrogen and oxygen atoms in total. The molecule has 0 bridgehead atoms. The Kier molecular flexibility index (Phi) is 6.40. The Morgan fingerprint density at radius 2 is 1.94 bits per heavy atom. The Labute approximate surface area is 182 Å². The molecule has 7 heteroatoms. The van der Waals surface area contributed by atoms with Gasteiger partial charge < -0.3 is 10.2 Å². The number of aryl methyl sites for hydroxylation is 2. The largest absolute Gasteiger partial charge is 0.342 e. The number of aromatic nitrogens is 3. The van der Waals surface area contributed by atoms with Crippen molar-refractivity contribution in [2.24, 2.45) is 5.92 Å². The van der Waals surface area contributed by atoms with Crippen LogP contribution < -0.4 is 5.32 Å². The molecule has 0 radical (unpaired) electrons.